The van der Waals surface area contributed by atoms with Crippen LogP contribution in [0.1, 0.15) is 32.4 Å². The highest BCUT2D eigenvalue weighted by molar-refractivity contribution is 6.35. The van der Waals surface area contributed by atoms with Gasteiger partial charge in [0.25, 0.3) is 0 Å². The van der Waals surface area contributed by atoms with Crippen LogP contribution in [0.2, 0.25) is 10.0 Å². The Morgan fingerprint density at radius 1 is 1.32 bits per heavy atom. The first-order chi connectivity index (χ1) is 8.93. The number of benzene rings is 1. The average molecular weight is 303 g/mol. The van der Waals surface area contributed by atoms with Crippen LogP contribution in [0.3, 0.4) is 0 Å². The van der Waals surface area contributed by atoms with Crippen LogP contribution in [-0.4, -0.2) is 12.5 Å². The van der Waals surface area contributed by atoms with Gasteiger partial charge < -0.3 is 5.32 Å². The molecule has 4 nitrogen and oxygen atoms in total. The van der Waals surface area contributed by atoms with Crippen molar-refractivity contribution in [2.24, 2.45) is 16.8 Å². The molecule has 106 valence electrons. The van der Waals surface area contributed by atoms with Gasteiger partial charge in [0.2, 0.25) is 5.96 Å². The van der Waals surface area contributed by atoms with Gasteiger partial charge in [0.05, 0.1) is 6.04 Å². The number of hydrogen-bond acceptors (Lipinski definition) is 2. The molecule has 0 aliphatic heterocycles. The summed E-state index contributed by atoms with van der Waals surface area (Å²) in [6.07, 6.45) is 0. The molecule has 0 saturated carbocycles. The largest absolute Gasteiger partial charge is 0.349 e. The molecule has 6 heteroatoms. The third-order valence-corrected chi connectivity index (χ3v) is 3.10. The van der Waals surface area contributed by atoms with Crippen molar-refractivity contribution >= 4 is 29.2 Å². The molecule has 4 N–H and O–H groups in total. The topological polar surface area (TPSA) is 62.4 Å². The summed E-state index contributed by atoms with van der Waals surface area (Å²) in [7, 11) is 0. The maximum Gasteiger partial charge on any atom is 0.206 e. The average Bonchev–Trinajstić information content (AvgIpc) is 2.33. The summed E-state index contributed by atoms with van der Waals surface area (Å²) in [5, 5.41) is 4.42. The van der Waals surface area contributed by atoms with Crippen molar-refractivity contribution in [2.45, 2.75) is 26.8 Å². The molecule has 1 rings (SSSR count). The van der Waals surface area contributed by atoms with Crippen LogP contribution in [0.25, 0.3) is 0 Å². The predicted octanol–water partition coefficient (Wildman–Crippen LogP) is 3.12. The highest BCUT2D eigenvalue weighted by Crippen LogP contribution is 2.25. The minimum atomic E-state index is -0.0215. The molecule has 1 aromatic rings. The second kappa shape index (κ2) is 7.58. The quantitative estimate of drug-likeness (QED) is 0.346. The molecule has 1 atom stereocenters. The Morgan fingerprint density at radius 3 is 2.53 bits per heavy atom. The first kappa shape index (κ1) is 16.1. The highest BCUT2D eigenvalue weighted by Gasteiger charge is 2.11. The van der Waals surface area contributed by atoms with Gasteiger partial charge in [-0.15, -0.1) is 0 Å². The molecule has 0 spiro atoms. The number of nitrogens with one attached hydrogen (secondary N) is 2. The van der Waals surface area contributed by atoms with Crippen LogP contribution in [-0.2, 0) is 0 Å². The number of hydrogen-bond donors (Lipinski definition) is 3. The van der Waals surface area contributed by atoms with E-state index >= 15 is 0 Å². The van der Waals surface area contributed by atoms with Crippen molar-refractivity contribution in [1.82, 2.24) is 10.7 Å². The normalized spacial score (nSPS) is 13.5. The Labute approximate surface area is 124 Å². The van der Waals surface area contributed by atoms with Crippen LogP contribution in [0.5, 0.6) is 0 Å². The zero-order valence-corrected chi connectivity index (χ0v) is 12.9. The van der Waals surface area contributed by atoms with Crippen LogP contribution in [0.15, 0.2) is 23.2 Å². The molecule has 1 unspecified atom stereocenters. The summed E-state index contributed by atoms with van der Waals surface area (Å²) in [4.78, 5) is 4.35. The molecule has 0 aromatic heterocycles. The molecule has 0 bridgehead atoms. The SMILES string of the molecule is CC(C)CN=C(NN)NC(C)c1ccc(Cl)cc1Cl. The van der Waals surface area contributed by atoms with E-state index in [0.717, 1.165) is 5.56 Å². The zero-order valence-electron chi connectivity index (χ0n) is 11.4. The van der Waals surface area contributed by atoms with Gasteiger partial charge in [-0.2, -0.15) is 0 Å². The van der Waals surface area contributed by atoms with Crippen molar-refractivity contribution in [3.8, 4) is 0 Å². The molecule has 0 heterocycles. The highest BCUT2D eigenvalue weighted by atomic mass is 35.5. The third kappa shape index (κ3) is 5.27. The number of rotatable bonds is 4. The second-order valence-electron chi connectivity index (χ2n) is 4.76. The van der Waals surface area contributed by atoms with Gasteiger partial charge in [0.1, 0.15) is 0 Å². The Kier molecular flexibility index (Phi) is 6.42. The fraction of sp³-hybridized carbons (Fsp3) is 0.462. The van der Waals surface area contributed by atoms with Crippen LogP contribution in [0, 0.1) is 5.92 Å². The van der Waals surface area contributed by atoms with E-state index in [1.54, 1.807) is 6.07 Å². The lowest BCUT2D eigenvalue weighted by molar-refractivity contribution is 0.643. The molecule has 0 aliphatic carbocycles. The van der Waals surface area contributed by atoms with E-state index in [9.17, 15) is 0 Å². The van der Waals surface area contributed by atoms with E-state index in [1.165, 1.54) is 0 Å². The molecule has 0 saturated heterocycles. The molecule has 19 heavy (non-hydrogen) atoms. The Bertz CT molecular complexity index is 446. The van der Waals surface area contributed by atoms with E-state index in [-0.39, 0.29) is 6.04 Å². The van der Waals surface area contributed by atoms with Crippen molar-refractivity contribution in [1.29, 1.82) is 0 Å². The lowest BCUT2D eigenvalue weighted by Crippen LogP contribution is -2.43. The van der Waals surface area contributed by atoms with Crippen molar-refractivity contribution in [3.63, 3.8) is 0 Å². The number of aliphatic imine (C=N–C) groups is 1. The van der Waals surface area contributed by atoms with Crippen molar-refractivity contribution < 1.29 is 0 Å². The van der Waals surface area contributed by atoms with Crippen LogP contribution < -0.4 is 16.6 Å². The smallest absolute Gasteiger partial charge is 0.206 e. The monoisotopic (exact) mass is 302 g/mol. The van der Waals surface area contributed by atoms with Gasteiger partial charge in [-0.3, -0.25) is 10.4 Å². The summed E-state index contributed by atoms with van der Waals surface area (Å²) in [6, 6.07) is 5.39. The number of guanidine groups is 1. The Morgan fingerprint density at radius 2 is 2.00 bits per heavy atom. The molecular formula is C13H20Cl2N4. The maximum atomic E-state index is 6.16. The fourth-order valence-electron chi connectivity index (χ4n) is 1.54. The molecule has 0 amide bonds. The zero-order chi connectivity index (χ0) is 14.4. The number of nitrogens with two attached hydrogens (primary N) is 1. The van der Waals surface area contributed by atoms with Gasteiger partial charge in [-0.05, 0) is 30.5 Å². The summed E-state index contributed by atoms with van der Waals surface area (Å²) >= 11 is 12.0. The lowest BCUT2D eigenvalue weighted by Gasteiger charge is -2.18. The minimum Gasteiger partial charge on any atom is -0.349 e. The van der Waals surface area contributed by atoms with Crippen molar-refractivity contribution in [2.75, 3.05) is 6.54 Å². The standard InChI is InChI=1S/C13H20Cl2N4/c1-8(2)7-17-13(19-16)18-9(3)11-5-4-10(14)6-12(11)15/h4-6,8-9H,7,16H2,1-3H3,(H2,17,18,19). The van der Waals surface area contributed by atoms with E-state index < -0.39 is 0 Å². The lowest BCUT2D eigenvalue weighted by atomic mass is 10.1. The van der Waals surface area contributed by atoms with E-state index in [2.05, 4.69) is 29.6 Å². The Balaban J connectivity index is 2.77. The number of nitrogens with zero attached hydrogens (tertiary/aromatic N) is 1. The Hall–Kier alpha value is -0.970. The predicted molar refractivity (Wildman–Crippen MR) is 82.5 cm³/mol. The van der Waals surface area contributed by atoms with E-state index in [1.807, 2.05) is 19.1 Å². The van der Waals surface area contributed by atoms with Crippen LogP contribution in [0.4, 0.5) is 0 Å². The maximum absolute atomic E-state index is 6.16. The van der Waals surface area contributed by atoms with Gasteiger partial charge in [-0.1, -0.05) is 43.1 Å². The van der Waals surface area contributed by atoms with Crippen molar-refractivity contribution in [3.05, 3.63) is 33.8 Å². The third-order valence-electron chi connectivity index (χ3n) is 2.53. The molecular weight excluding hydrogens is 283 g/mol. The molecule has 0 fully saturated rings. The molecule has 0 aliphatic rings. The van der Waals surface area contributed by atoms with E-state index in [4.69, 9.17) is 29.0 Å². The first-order valence-electron chi connectivity index (χ1n) is 6.16. The van der Waals surface area contributed by atoms with Gasteiger partial charge in [0, 0.05) is 16.6 Å². The molecule has 0 radical (unpaired) electrons. The van der Waals surface area contributed by atoms with Gasteiger partial charge in [-0.25, -0.2) is 5.84 Å². The van der Waals surface area contributed by atoms with E-state index in [0.29, 0.717) is 28.5 Å². The molecule has 1 aromatic carbocycles. The first-order valence-corrected chi connectivity index (χ1v) is 6.92. The minimum absolute atomic E-state index is 0.0215. The van der Waals surface area contributed by atoms with Gasteiger partial charge >= 0.3 is 0 Å². The summed E-state index contributed by atoms with van der Waals surface area (Å²) in [5.74, 6) is 6.47. The second-order valence-corrected chi connectivity index (χ2v) is 5.60. The van der Waals surface area contributed by atoms with Gasteiger partial charge in [0.15, 0.2) is 0 Å². The number of halogens is 2. The van der Waals surface area contributed by atoms with Crippen LogP contribution >= 0.6 is 23.2 Å². The summed E-state index contributed by atoms with van der Waals surface area (Å²) in [6.45, 7) is 6.87. The summed E-state index contributed by atoms with van der Waals surface area (Å²) in [5.41, 5.74) is 3.50. The summed E-state index contributed by atoms with van der Waals surface area (Å²) < 4.78 is 0. The number of hydrazine groups is 1. The fourth-order valence-corrected chi connectivity index (χ4v) is 2.11.